The number of hydrogen-bond donors (Lipinski definition) is 1. The largest absolute Gasteiger partial charge is 0.241 e. The molecule has 0 saturated heterocycles. The van der Waals surface area contributed by atoms with Crippen molar-refractivity contribution in [3.05, 3.63) is 30.3 Å². The second kappa shape index (κ2) is 3.71. The molecule has 1 radical (unpaired) electrons. The van der Waals surface area contributed by atoms with Crippen molar-refractivity contribution in [2.24, 2.45) is 0 Å². The van der Waals surface area contributed by atoms with E-state index in [1.54, 1.807) is 39.0 Å². The predicted molar refractivity (Wildman–Crippen MR) is 55.4 cm³/mol. The molecule has 1 N–H and O–H groups in total. The second-order valence-electron chi connectivity index (χ2n) is 4.08. The number of nitrogens with one attached hydrogen (secondary N) is 1. The summed E-state index contributed by atoms with van der Waals surface area (Å²) >= 11 is 0. The Hall–Kier alpha value is -0.870. The van der Waals surface area contributed by atoms with Gasteiger partial charge in [-0.1, -0.05) is 18.2 Å². The van der Waals surface area contributed by atoms with Crippen LogP contribution in [-0.2, 0) is 10.0 Å². The normalized spacial score (nSPS) is 12.8. The molecule has 0 aliphatic heterocycles. The van der Waals surface area contributed by atoms with E-state index in [9.17, 15) is 8.42 Å². The van der Waals surface area contributed by atoms with Crippen molar-refractivity contribution in [2.75, 3.05) is 0 Å². The molecule has 0 atom stereocenters. The van der Waals surface area contributed by atoms with Gasteiger partial charge < -0.3 is 0 Å². The molecule has 0 unspecified atom stereocenters. The van der Waals surface area contributed by atoms with E-state index in [1.807, 2.05) is 0 Å². The van der Waals surface area contributed by atoms with E-state index in [2.05, 4.69) is 10.8 Å². The van der Waals surface area contributed by atoms with Gasteiger partial charge in [-0.05, 0) is 26.8 Å². The molecule has 0 heterocycles. The summed E-state index contributed by atoms with van der Waals surface area (Å²) < 4.78 is 26.0. The van der Waals surface area contributed by atoms with Crippen LogP contribution in [0.3, 0.4) is 0 Å². The number of hydrogen-bond acceptors (Lipinski definition) is 2. The maximum atomic E-state index is 11.7. The molecule has 4 heteroatoms. The lowest BCUT2D eigenvalue weighted by molar-refractivity contribution is 0.491. The van der Waals surface area contributed by atoms with E-state index in [-0.39, 0.29) is 4.90 Å². The topological polar surface area (TPSA) is 46.2 Å². The first-order chi connectivity index (χ1) is 6.31. The Bertz CT molecular complexity index is 390. The minimum Gasteiger partial charge on any atom is -0.207 e. The number of rotatable bonds is 2. The van der Waals surface area contributed by atoms with E-state index in [4.69, 9.17) is 0 Å². The third-order valence-electron chi connectivity index (χ3n) is 1.41. The summed E-state index contributed by atoms with van der Waals surface area (Å²) in [5.74, 6) is 0. The molecule has 0 amide bonds. The highest BCUT2D eigenvalue weighted by atomic mass is 32.2. The molecule has 0 saturated carbocycles. The van der Waals surface area contributed by atoms with Gasteiger partial charge in [0.15, 0.2) is 0 Å². The molecule has 0 aromatic heterocycles. The highest BCUT2D eigenvalue weighted by Gasteiger charge is 2.21. The molecule has 1 aromatic rings. The van der Waals surface area contributed by atoms with Gasteiger partial charge in [0.05, 0.1) is 4.90 Å². The molecule has 0 aliphatic rings. The van der Waals surface area contributed by atoms with Crippen LogP contribution in [0.2, 0.25) is 0 Å². The standard InChI is InChI=1S/C10H14NO2S/c1-10(2,3)11-14(12,13)9-7-5-4-6-8-9/h4-7,11H,1-3H3. The second-order valence-corrected chi connectivity index (χ2v) is 5.73. The van der Waals surface area contributed by atoms with Crippen molar-refractivity contribution in [3.63, 3.8) is 0 Å². The Balaban J connectivity index is 2.99. The third kappa shape index (κ3) is 3.12. The van der Waals surface area contributed by atoms with Crippen LogP contribution in [0.4, 0.5) is 0 Å². The first-order valence-electron chi connectivity index (χ1n) is 4.32. The molecule has 0 spiro atoms. The van der Waals surface area contributed by atoms with Crippen LogP contribution < -0.4 is 4.72 Å². The van der Waals surface area contributed by atoms with Gasteiger partial charge in [-0.2, -0.15) is 0 Å². The van der Waals surface area contributed by atoms with Gasteiger partial charge in [0.2, 0.25) is 10.0 Å². The molecule has 0 aliphatic carbocycles. The van der Waals surface area contributed by atoms with Crippen LogP contribution >= 0.6 is 0 Å². The van der Waals surface area contributed by atoms with Gasteiger partial charge in [0.1, 0.15) is 0 Å². The van der Waals surface area contributed by atoms with Crippen LogP contribution in [-0.4, -0.2) is 14.0 Å². The van der Waals surface area contributed by atoms with Crippen molar-refractivity contribution in [2.45, 2.75) is 31.2 Å². The van der Waals surface area contributed by atoms with Crippen LogP contribution in [0.15, 0.2) is 29.2 Å². The minimum absolute atomic E-state index is 0.176. The Morgan fingerprint density at radius 3 is 2.36 bits per heavy atom. The van der Waals surface area contributed by atoms with Crippen molar-refractivity contribution in [3.8, 4) is 0 Å². The van der Waals surface area contributed by atoms with Crippen LogP contribution in [0.1, 0.15) is 20.8 Å². The van der Waals surface area contributed by atoms with Crippen molar-refractivity contribution < 1.29 is 8.42 Å². The first kappa shape index (κ1) is 11.2. The van der Waals surface area contributed by atoms with Gasteiger partial charge in [-0.15, -0.1) is 0 Å². The van der Waals surface area contributed by atoms with E-state index < -0.39 is 15.6 Å². The smallest absolute Gasteiger partial charge is 0.207 e. The molecule has 0 fully saturated rings. The summed E-state index contributed by atoms with van der Waals surface area (Å²) in [6, 6.07) is 9.19. The van der Waals surface area contributed by atoms with Crippen LogP contribution in [0, 0.1) is 6.07 Å². The SMILES string of the molecule is CC(C)(C)NS(=O)(=O)c1[c]cccc1. The van der Waals surface area contributed by atoms with Crippen LogP contribution in [0.25, 0.3) is 0 Å². The summed E-state index contributed by atoms with van der Waals surface area (Å²) in [4.78, 5) is 0.176. The first-order valence-corrected chi connectivity index (χ1v) is 5.80. The molecule has 1 rings (SSSR count). The highest BCUT2D eigenvalue weighted by Crippen LogP contribution is 2.10. The van der Waals surface area contributed by atoms with Gasteiger partial charge in [0.25, 0.3) is 0 Å². The zero-order chi connectivity index (χ0) is 10.8. The fraction of sp³-hybridized carbons (Fsp3) is 0.400. The Morgan fingerprint density at radius 2 is 1.93 bits per heavy atom. The van der Waals surface area contributed by atoms with Gasteiger partial charge in [-0.25, -0.2) is 13.1 Å². The zero-order valence-corrected chi connectivity index (χ0v) is 9.35. The van der Waals surface area contributed by atoms with Crippen molar-refractivity contribution in [1.29, 1.82) is 0 Å². The maximum Gasteiger partial charge on any atom is 0.241 e. The average molecular weight is 212 g/mol. The molecule has 14 heavy (non-hydrogen) atoms. The summed E-state index contributed by atoms with van der Waals surface area (Å²) in [6.07, 6.45) is 0. The summed E-state index contributed by atoms with van der Waals surface area (Å²) in [5, 5.41) is 0. The highest BCUT2D eigenvalue weighted by molar-refractivity contribution is 7.89. The number of benzene rings is 1. The molecular weight excluding hydrogens is 198 g/mol. The Kier molecular flexibility index (Phi) is 2.97. The van der Waals surface area contributed by atoms with Crippen LogP contribution in [0.5, 0.6) is 0 Å². The quantitative estimate of drug-likeness (QED) is 0.808. The molecule has 77 valence electrons. The monoisotopic (exact) mass is 212 g/mol. The lowest BCUT2D eigenvalue weighted by Crippen LogP contribution is -2.40. The summed E-state index contributed by atoms with van der Waals surface area (Å²) in [6.45, 7) is 5.40. The molecular formula is C10H14NO2S. The third-order valence-corrected chi connectivity index (χ3v) is 3.12. The minimum atomic E-state index is -3.42. The lowest BCUT2D eigenvalue weighted by atomic mass is 10.1. The molecule has 0 bridgehead atoms. The van der Waals surface area contributed by atoms with E-state index in [0.29, 0.717) is 0 Å². The molecule has 3 nitrogen and oxygen atoms in total. The fourth-order valence-electron chi connectivity index (χ4n) is 1.00. The lowest BCUT2D eigenvalue weighted by Gasteiger charge is -2.20. The van der Waals surface area contributed by atoms with Gasteiger partial charge in [0, 0.05) is 11.6 Å². The average Bonchev–Trinajstić information content (AvgIpc) is 2.01. The zero-order valence-electron chi connectivity index (χ0n) is 8.53. The van der Waals surface area contributed by atoms with E-state index >= 15 is 0 Å². The number of sulfonamides is 1. The predicted octanol–water partition coefficient (Wildman–Crippen LogP) is 1.56. The summed E-state index contributed by atoms with van der Waals surface area (Å²) in [5.41, 5.74) is -0.470. The summed E-state index contributed by atoms with van der Waals surface area (Å²) in [7, 11) is -3.42. The van der Waals surface area contributed by atoms with Gasteiger partial charge in [-0.3, -0.25) is 0 Å². The van der Waals surface area contributed by atoms with Gasteiger partial charge >= 0.3 is 0 Å². The van der Waals surface area contributed by atoms with Crippen molar-refractivity contribution in [1.82, 2.24) is 4.72 Å². The molecule has 1 aromatic carbocycles. The van der Waals surface area contributed by atoms with Crippen molar-refractivity contribution >= 4 is 10.0 Å². The Labute approximate surface area is 85.2 Å². The Morgan fingerprint density at radius 1 is 1.29 bits per heavy atom. The van der Waals surface area contributed by atoms with E-state index in [1.165, 1.54) is 6.07 Å². The maximum absolute atomic E-state index is 11.7. The van der Waals surface area contributed by atoms with E-state index in [0.717, 1.165) is 0 Å². The fourth-order valence-corrected chi connectivity index (χ4v) is 2.40.